The number of rotatable bonds is 2. The lowest BCUT2D eigenvalue weighted by Crippen LogP contribution is -1.94. The Balaban J connectivity index is 2.59. The second-order valence-electron chi connectivity index (χ2n) is 3.49. The summed E-state index contributed by atoms with van der Waals surface area (Å²) in [4.78, 5) is 8.69. The minimum Gasteiger partial charge on any atom is -0.261 e. The summed E-state index contributed by atoms with van der Waals surface area (Å²) in [6.07, 6.45) is 4.61. The maximum atomic E-state index is 4.39. The van der Waals surface area contributed by atoms with Crippen LogP contribution in [0.4, 0.5) is 0 Å². The number of aromatic nitrogens is 2. The Bertz CT molecular complexity index is 464. The molecule has 2 aromatic rings. The zero-order valence-corrected chi connectivity index (χ0v) is 9.07. The summed E-state index contributed by atoms with van der Waals surface area (Å²) in [5.74, 6) is 0. The van der Waals surface area contributed by atoms with Crippen molar-refractivity contribution in [2.75, 3.05) is 0 Å². The molecule has 0 saturated heterocycles. The van der Waals surface area contributed by atoms with Crippen molar-refractivity contribution in [1.82, 2.24) is 9.97 Å². The topological polar surface area (TPSA) is 25.8 Å². The van der Waals surface area contributed by atoms with Gasteiger partial charge in [0, 0.05) is 34.9 Å². The molecule has 2 rings (SSSR count). The molecule has 0 aliphatic heterocycles. The van der Waals surface area contributed by atoms with Crippen molar-refractivity contribution in [3.8, 4) is 11.1 Å². The minimum absolute atomic E-state index is 0.949. The van der Waals surface area contributed by atoms with E-state index in [2.05, 4.69) is 29.0 Å². The Morgan fingerprint density at radius 3 is 2.33 bits per heavy atom. The molecule has 0 N–H and O–H groups in total. The van der Waals surface area contributed by atoms with Gasteiger partial charge in [-0.3, -0.25) is 9.97 Å². The summed E-state index contributed by atoms with van der Waals surface area (Å²) >= 11 is 0. The Hall–Kier alpha value is -1.70. The largest absolute Gasteiger partial charge is 0.261 e. The lowest BCUT2D eigenvalue weighted by atomic mass is 10.0. The predicted octanol–water partition coefficient (Wildman–Crippen LogP) is 3.01. The molecule has 0 aromatic carbocycles. The lowest BCUT2D eigenvalue weighted by Gasteiger charge is -2.08. The Morgan fingerprint density at radius 2 is 1.67 bits per heavy atom. The van der Waals surface area contributed by atoms with Crippen LogP contribution in [-0.4, -0.2) is 9.97 Å². The number of aryl methyl sites for hydroxylation is 2. The first-order valence-corrected chi connectivity index (χ1v) is 5.18. The Kier molecular flexibility index (Phi) is 2.77. The molecule has 0 unspecified atom stereocenters. The molecule has 0 aliphatic rings. The van der Waals surface area contributed by atoms with Gasteiger partial charge in [0.2, 0.25) is 0 Å². The molecule has 15 heavy (non-hydrogen) atoms. The molecule has 0 spiro atoms. The van der Waals surface area contributed by atoms with Crippen LogP contribution in [-0.2, 0) is 6.42 Å². The van der Waals surface area contributed by atoms with Crippen LogP contribution in [0.5, 0.6) is 0 Å². The molecule has 2 heterocycles. The maximum absolute atomic E-state index is 4.39. The smallest absolute Gasteiger partial charge is 0.0479 e. The highest BCUT2D eigenvalue weighted by Gasteiger charge is 2.06. The third-order valence-corrected chi connectivity index (χ3v) is 2.52. The second-order valence-corrected chi connectivity index (χ2v) is 3.49. The fourth-order valence-corrected chi connectivity index (χ4v) is 1.73. The van der Waals surface area contributed by atoms with Crippen LogP contribution in [0.15, 0.2) is 36.7 Å². The first kappa shape index (κ1) is 9.84. The summed E-state index contributed by atoms with van der Waals surface area (Å²) in [6.45, 7) is 4.15. The van der Waals surface area contributed by atoms with Crippen LogP contribution < -0.4 is 0 Å². The van der Waals surface area contributed by atoms with Crippen LogP contribution in [0, 0.1) is 6.92 Å². The van der Waals surface area contributed by atoms with E-state index in [4.69, 9.17) is 0 Å². The summed E-state index contributed by atoms with van der Waals surface area (Å²) in [7, 11) is 0. The summed E-state index contributed by atoms with van der Waals surface area (Å²) in [5, 5.41) is 0. The fraction of sp³-hybridized carbons (Fsp3) is 0.231. The predicted molar refractivity (Wildman–Crippen MR) is 61.6 cm³/mol. The molecule has 2 heteroatoms. The van der Waals surface area contributed by atoms with Gasteiger partial charge >= 0.3 is 0 Å². The average Bonchev–Trinajstić information content (AvgIpc) is 2.30. The third kappa shape index (κ3) is 1.89. The number of nitrogens with zero attached hydrogens (tertiary/aromatic N) is 2. The van der Waals surface area contributed by atoms with Crippen LogP contribution >= 0.6 is 0 Å². The van der Waals surface area contributed by atoms with Crippen molar-refractivity contribution >= 4 is 0 Å². The van der Waals surface area contributed by atoms with E-state index in [-0.39, 0.29) is 0 Å². The van der Waals surface area contributed by atoms with Crippen molar-refractivity contribution < 1.29 is 0 Å². The number of pyridine rings is 2. The molecule has 0 fully saturated rings. The molecule has 0 bridgehead atoms. The van der Waals surface area contributed by atoms with Crippen molar-refractivity contribution in [1.29, 1.82) is 0 Å². The average molecular weight is 198 g/mol. The van der Waals surface area contributed by atoms with Gasteiger partial charge in [-0.1, -0.05) is 19.1 Å². The molecule has 0 radical (unpaired) electrons. The highest BCUT2D eigenvalue weighted by atomic mass is 14.7. The lowest BCUT2D eigenvalue weighted by molar-refractivity contribution is 1.04. The Labute approximate surface area is 90.0 Å². The molecule has 0 aliphatic carbocycles. The van der Waals surface area contributed by atoms with Crippen LogP contribution in [0.3, 0.4) is 0 Å². The molecule has 0 saturated carbocycles. The molecule has 76 valence electrons. The first-order chi connectivity index (χ1) is 7.33. The van der Waals surface area contributed by atoms with E-state index in [9.17, 15) is 0 Å². The fourth-order valence-electron chi connectivity index (χ4n) is 1.73. The van der Waals surface area contributed by atoms with Gasteiger partial charge in [-0.15, -0.1) is 0 Å². The van der Waals surface area contributed by atoms with Gasteiger partial charge < -0.3 is 0 Å². The van der Waals surface area contributed by atoms with E-state index in [1.54, 1.807) is 0 Å². The molecule has 2 nitrogen and oxygen atoms in total. The van der Waals surface area contributed by atoms with E-state index in [1.807, 2.05) is 31.5 Å². The van der Waals surface area contributed by atoms with Gasteiger partial charge in [-0.25, -0.2) is 0 Å². The van der Waals surface area contributed by atoms with E-state index in [0.717, 1.165) is 17.8 Å². The van der Waals surface area contributed by atoms with Crippen molar-refractivity contribution in [2.24, 2.45) is 0 Å². The van der Waals surface area contributed by atoms with E-state index < -0.39 is 0 Å². The van der Waals surface area contributed by atoms with Crippen molar-refractivity contribution in [2.45, 2.75) is 20.3 Å². The van der Waals surface area contributed by atoms with Gasteiger partial charge in [0.1, 0.15) is 0 Å². The van der Waals surface area contributed by atoms with Gasteiger partial charge in [0.05, 0.1) is 0 Å². The second kappa shape index (κ2) is 4.22. The SMILES string of the molecule is CCc1ncccc1-c1cccnc1C. The highest BCUT2D eigenvalue weighted by Crippen LogP contribution is 2.24. The van der Waals surface area contributed by atoms with E-state index in [0.29, 0.717) is 0 Å². The zero-order valence-electron chi connectivity index (χ0n) is 9.07. The van der Waals surface area contributed by atoms with Gasteiger partial charge in [0.25, 0.3) is 0 Å². The van der Waals surface area contributed by atoms with Crippen molar-refractivity contribution in [3.05, 3.63) is 48.0 Å². The van der Waals surface area contributed by atoms with Crippen LogP contribution in [0.25, 0.3) is 11.1 Å². The van der Waals surface area contributed by atoms with E-state index in [1.165, 1.54) is 11.1 Å². The quantitative estimate of drug-likeness (QED) is 0.741. The molecule has 0 amide bonds. The zero-order chi connectivity index (χ0) is 10.7. The normalized spacial score (nSPS) is 10.3. The highest BCUT2D eigenvalue weighted by molar-refractivity contribution is 5.67. The molecule has 2 aromatic heterocycles. The van der Waals surface area contributed by atoms with Gasteiger partial charge in [-0.05, 0) is 25.5 Å². The minimum atomic E-state index is 0.949. The Morgan fingerprint density at radius 1 is 1.00 bits per heavy atom. The summed E-state index contributed by atoms with van der Waals surface area (Å²) in [6, 6.07) is 8.14. The van der Waals surface area contributed by atoms with Gasteiger partial charge in [0.15, 0.2) is 0 Å². The number of hydrogen-bond donors (Lipinski definition) is 0. The monoisotopic (exact) mass is 198 g/mol. The van der Waals surface area contributed by atoms with Crippen LogP contribution in [0.2, 0.25) is 0 Å². The summed E-state index contributed by atoms with van der Waals surface area (Å²) in [5.41, 5.74) is 4.57. The van der Waals surface area contributed by atoms with Crippen molar-refractivity contribution in [3.63, 3.8) is 0 Å². The summed E-state index contributed by atoms with van der Waals surface area (Å²) < 4.78 is 0. The van der Waals surface area contributed by atoms with Crippen LogP contribution in [0.1, 0.15) is 18.3 Å². The molecular weight excluding hydrogens is 184 g/mol. The molecule has 0 atom stereocenters. The van der Waals surface area contributed by atoms with Gasteiger partial charge in [-0.2, -0.15) is 0 Å². The number of hydrogen-bond acceptors (Lipinski definition) is 2. The molecular formula is C13H14N2. The first-order valence-electron chi connectivity index (χ1n) is 5.18. The maximum Gasteiger partial charge on any atom is 0.0479 e. The third-order valence-electron chi connectivity index (χ3n) is 2.52. The standard InChI is InChI=1S/C13H14N2/c1-3-13-12(7-5-9-15-13)11-6-4-8-14-10(11)2/h4-9H,3H2,1-2H3. The van der Waals surface area contributed by atoms with E-state index >= 15 is 0 Å².